The highest BCUT2D eigenvalue weighted by Gasteiger charge is 2.19. The van der Waals surface area contributed by atoms with E-state index < -0.39 is 0 Å². The van der Waals surface area contributed by atoms with E-state index in [1.165, 1.54) is 12.8 Å². The molecule has 1 aliphatic rings. The van der Waals surface area contributed by atoms with E-state index in [0.717, 1.165) is 18.8 Å². The number of methoxy groups -OCH3 is 2. The van der Waals surface area contributed by atoms with Crippen LogP contribution in [0.15, 0.2) is 12.5 Å². The van der Waals surface area contributed by atoms with Crippen molar-refractivity contribution in [2.75, 3.05) is 20.8 Å². The second-order valence-corrected chi connectivity index (χ2v) is 4.07. The zero-order valence-corrected chi connectivity index (χ0v) is 9.85. The van der Waals surface area contributed by atoms with Gasteiger partial charge in [-0.05, 0) is 19.4 Å². The number of imidazole rings is 1. The lowest BCUT2D eigenvalue weighted by Crippen LogP contribution is -2.27. The quantitative estimate of drug-likeness (QED) is 0.757. The molecule has 2 heterocycles. The zero-order valence-electron chi connectivity index (χ0n) is 9.85. The van der Waals surface area contributed by atoms with Crippen molar-refractivity contribution in [2.24, 2.45) is 0 Å². The van der Waals surface area contributed by atoms with E-state index in [4.69, 9.17) is 9.47 Å². The molecule has 1 aliphatic heterocycles. The first-order valence-corrected chi connectivity index (χ1v) is 5.64. The molecule has 1 aromatic rings. The first kappa shape index (κ1) is 11.6. The van der Waals surface area contributed by atoms with Gasteiger partial charge in [0.2, 0.25) is 0 Å². The number of aromatic nitrogens is 2. The minimum absolute atomic E-state index is 0.330. The summed E-state index contributed by atoms with van der Waals surface area (Å²) in [6.45, 7) is 2.05. The number of nitrogens with one attached hydrogen (secondary N) is 1. The zero-order chi connectivity index (χ0) is 11.4. The Kier molecular flexibility index (Phi) is 3.93. The van der Waals surface area contributed by atoms with Gasteiger partial charge >= 0.3 is 0 Å². The summed E-state index contributed by atoms with van der Waals surface area (Å²) in [5.41, 5.74) is 0.971. The number of hydrogen-bond donors (Lipinski definition) is 1. The van der Waals surface area contributed by atoms with E-state index in [2.05, 4.69) is 14.9 Å². The predicted octanol–water partition coefficient (Wildman–Crippen LogP) is 0.926. The molecule has 2 rings (SSSR count). The summed E-state index contributed by atoms with van der Waals surface area (Å²) in [5.74, 6) is 0. The van der Waals surface area contributed by atoms with Crippen LogP contribution in [-0.2, 0) is 16.0 Å². The van der Waals surface area contributed by atoms with Crippen molar-refractivity contribution in [3.05, 3.63) is 18.2 Å². The second kappa shape index (κ2) is 5.43. The molecule has 1 atom stereocenters. The molecule has 1 saturated heterocycles. The van der Waals surface area contributed by atoms with Crippen LogP contribution in [0.25, 0.3) is 0 Å². The first-order chi connectivity index (χ1) is 7.85. The second-order valence-electron chi connectivity index (χ2n) is 4.07. The van der Waals surface area contributed by atoms with Crippen molar-refractivity contribution in [2.45, 2.75) is 31.7 Å². The van der Waals surface area contributed by atoms with Crippen molar-refractivity contribution >= 4 is 0 Å². The van der Waals surface area contributed by atoms with Crippen LogP contribution in [0.3, 0.4) is 0 Å². The van der Waals surface area contributed by atoms with Crippen LogP contribution in [0.1, 0.15) is 24.8 Å². The van der Waals surface area contributed by atoms with E-state index in [1.54, 1.807) is 20.4 Å². The molecule has 1 aromatic heterocycles. The van der Waals surface area contributed by atoms with Gasteiger partial charge in [0, 0.05) is 26.8 Å². The van der Waals surface area contributed by atoms with Gasteiger partial charge in [0.05, 0.1) is 18.2 Å². The molecule has 0 saturated carbocycles. The van der Waals surface area contributed by atoms with Crippen molar-refractivity contribution in [1.29, 1.82) is 0 Å². The minimum atomic E-state index is -0.330. The highest BCUT2D eigenvalue weighted by molar-refractivity contribution is 5.01. The molecule has 1 unspecified atom stereocenters. The maximum Gasteiger partial charge on any atom is 0.200 e. The summed E-state index contributed by atoms with van der Waals surface area (Å²) in [5, 5.41) is 3.47. The summed E-state index contributed by atoms with van der Waals surface area (Å²) < 4.78 is 12.6. The fourth-order valence-electron chi connectivity index (χ4n) is 2.17. The van der Waals surface area contributed by atoms with Gasteiger partial charge in [-0.25, -0.2) is 4.98 Å². The molecule has 0 radical (unpaired) electrons. The van der Waals surface area contributed by atoms with E-state index in [1.807, 2.05) is 6.33 Å². The molecule has 0 bridgehead atoms. The van der Waals surface area contributed by atoms with Crippen LogP contribution < -0.4 is 5.32 Å². The SMILES string of the molecule is COC(OC)c1cncn1CC1CCCN1. The van der Waals surface area contributed by atoms with Crippen LogP contribution >= 0.6 is 0 Å². The first-order valence-electron chi connectivity index (χ1n) is 5.64. The number of ether oxygens (including phenoxy) is 2. The summed E-state index contributed by atoms with van der Waals surface area (Å²) in [6.07, 6.45) is 5.78. The summed E-state index contributed by atoms with van der Waals surface area (Å²) >= 11 is 0. The Morgan fingerprint density at radius 2 is 2.38 bits per heavy atom. The molecule has 16 heavy (non-hydrogen) atoms. The van der Waals surface area contributed by atoms with Gasteiger partial charge in [-0.2, -0.15) is 0 Å². The molecule has 1 N–H and O–H groups in total. The Morgan fingerprint density at radius 3 is 3.00 bits per heavy atom. The third-order valence-electron chi connectivity index (χ3n) is 2.99. The molecular weight excluding hydrogens is 206 g/mol. The standard InChI is InChI=1S/C11H19N3O2/c1-15-11(16-2)10-6-12-8-14(10)7-9-4-3-5-13-9/h6,8-9,11,13H,3-5,7H2,1-2H3. The Morgan fingerprint density at radius 1 is 1.56 bits per heavy atom. The minimum Gasteiger partial charge on any atom is -0.350 e. The van der Waals surface area contributed by atoms with Gasteiger partial charge in [-0.3, -0.25) is 0 Å². The predicted molar refractivity (Wildman–Crippen MR) is 60.0 cm³/mol. The molecule has 90 valence electrons. The van der Waals surface area contributed by atoms with Gasteiger partial charge < -0.3 is 19.4 Å². The molecular formula is C11H19N3O2. The van der Waals surface area contributed by atoms with E-state index in [-0.39, 0.29) is 6.29 Å². The van der Waals surface area contributed by atoms with E-state index in [9.17, 15) is 0 Å². The molecule has 0 amide bonds. The van der Waals surface area contributed by atoms with Crippen LogP contribution in [-0.4, -0.2) is 36.4 Å². The molecule has 5 nitrogen and oxygen atoms in total. The summed E-state index contributed by atoms with van der Waals surface area (Å²) in [7, 11) is 3.28. The van der Waals surface area contributed by atoms with Gasteiger partial charge in [-0.15, -0.1) is 0 Å². The van der Waals surface area contributed by atoms with Gasteiger partial charge in [0.25, 0.3) is 0 Å². The number of rotatable bonds is 5. The molecule has 0 aliphatic carbocycles. The van der Waals surface area contributed by atoms with Gasteiger partial charge in [0.1, 0.15) is 0 Å². The highest BCUT2D eigenvalue weighted by atomic mass is 16.7. The van der Waals surface area contributed by atoms with Crippen LogP contribution in [0.4, 0.5) is 0 Å². The molecule has 0 aromatic carbocycles. The normalized spacial score (nSPS) is 20.8. The number of nitrogens with zero attached hydrogens (tertiary/aromatic N) is 2. The van der Waals surface area contributed by atoms with Crippen molar-refractivity contribution < 1.29 is 9.47 Å². The number of hydrogen-bond acceptors (Lipinski definition) is 4. The third kappa shape index (κ3) is 2.42. The fraction of sp³-hybridized carbons (Fsp3) is 0.727. The maximum absolute atomic E-state index is 5.25. The van der Waals surface area contributed by atoms with Crippen LogP contribution in [0.5, 0.6) is 0 Å². The highest BCUT2D eigenvalue weighted by Crippen LogP contribution is 2.18. The Labute approximate surface area is 95.8 Å². The topological polar surface area (TPSA) is 48.3 Å². The van der Waals surface area contributed by atoms with Crippen molar-refractivity contribution in [3.63, 3.8) is 0 Å². The maximum atomic E-state index is 5.25. The fourth-order valence-corrected chi connectivity index (χ4v) is 2.17. The molecule has 0 spiro atoms. The van der Waals surface area contributed by atoms with E-state index in [0.29, 0.717) is 6.04 Å². The van der Waals surface area contributed by atoms with Crippen LogP contribution in [0, 0.1) is 0 Å². The monoisotopic (exact) mass is 225 g/mol. The van der Waals surface area contributed by atoms with Gasteiger partial charge in [0.15, 0.2) is 6.29 Å². The van der Waals surface area contributed by atoms with Crippen LogP contribution in [0.2, 0.25) is 0 Å². The lowest BCUT2D eigenvalue weighted by atomic mass is 10.2. The summed E-state index contributed by atoms with van der Waals surface area (Å²) in [4.78, 5) is 4.16. The average molecular weight is 225 g/mol. The van der Waals surface area contributed by atoms with Crippen molar-refractivity contribution in [3.8, 4) is 0 Å². The largest absolute Gasteiger partial charge is 0.350 e. The van der Waals surface area contributed by atoms with Crippen molar-refractivity contribution in [1.82, 2.24) is 14.9 Å². The summed E-state index contributed by atoms with van der Waals surface area (Å²) in [6, 6.07) is 0.544. The van der Waals surface area contributed by atoms with Gasteiger partial charge in [-0.1, -0.05) is 0 Å². The molecule has 1 fully saturated rings. The molecule has 5 heteroatoms. The Bertz CT molecular complexity index is 317. The average Bonchev–Trinajstić information content (AvgIpc) is 2.93. The lowest BCUT2D eigenvalue weighted by molar-refractivity contribution is -0.110. The Hall–Kier alpha value is -0.910. The third-order valence-corrected chi connectivity index (χ3v) is 2.99. The van der Waals surface area contributed by atoms with E-state index >= 15 is 0 Å². The lowest BCUT2D eigenvalue weighted by Gasteiger charge is -2.18. The Balaban J connectivity index is 2.05. The smallest absolute Gasteiger partial charge is 0.200 e.